The van der Waals surface area contributed by atoms with Gasteiger partial charge in [0.1, 0.15) is 0 Å². The fourth-order valence-corrected chi connectivity index (χ4v) is 5.84. The quantitative estimate of drug-likeness (QED) is 0.481. The Morgan fingerprint density at radius 3 is 2.44 bits per heavy atom. The number of fused-ring (bicyclic) bond motifs is 1. The molecule has 3 aromatic rings. The fraction of sp³-hybridized carbons (Fsp3) is 0.208. The summed E-state index contributed by atoms with van der Waals surface area (Å²) in [5.41, 5.74) is 2.47. The van der Waals surface area contributed by atoms with Gasteiger partial charge in [-0.25, -0.2) is 8.42 Å². The standard InChI is InChI=1S/C24H22Cl2N2O3S/c1-17-13-18-7-5-6-10-23(18)28(17)24(29)16-27(15-19-11-12-20(25)14-22(19)26)32(30,31)21-8-3-2-4-9-21/h2-12,14,17H,13,15-16H2,1H3/t17-/m0/s1. The van der Waals surface area contributed by atoms with E-state index < -0.39 is 10.0 Å². The normalized spacial score (nSPS) is 15.8. The van der Waals surface area contributed by atoms with Gasteiger partial charge in [-0.05, 0) is 54.8 Å². The molecule has 1 atom stereocenters. The highest BCUT2D eigenvalue weighted by Gasteiger charge is 2.34. The molecule has 1 amide bonds. The van der Waals surface area contributed by atoms with Gasteiger partial charge in [0.25, 0.3) is 0 Å². The van der Waals surface area contributed by atoms with Crippen LogP contribution in [0, 0.1) is 0 Å². The second kappa shape index (κ2) is 9.24. The Balaban J connectivity index is 1.69. The van der Waals surface area contributed by atoms with Gasteiger partial charge in [-0.15, -0.1) is 0 Å². The summed E-state index contributed by atoms with van der Waals surface area (Å²) in [7, 11) is -3.95. The molecule has 5 nitrogen and oxygen atoms in total. The number of hydrogen-bond acceptors (Lipinski definition) is 3. The number of nitrogens with zero attached hydrogens (tertiary/aromatic N) is 2. The van der Waals surface area contributed by atoms with Gasteiger partial charge in [-0.2, -0.15) is 4.31 Å². The Morgan fingerprint density at radius 2 is 1.72 bits per heavy atom. The Morgan fingerprint density at radius 1 is 1.03 bits per heavy atom. The predicted molar refractivity (Wildman–Crippen MR) is 128 cm³/mol. The number of carbonyl (C=O) groups is 1. The molecule has 3 aromatic carbocycles. The zero-order valence-corrected chi connectivity index (χ0v) is 19.7. The molecule has 0 aliphatic carbocycles. The number of sulfonamides is 1. The number of anilines is 1. The molecule has 0 saturated heterocycles. The minimum absolute atomic E-state index is 0.0527. The number of para-hydroxylation sites is 1. The van der Waals surface area contributed by atoms with Gasteiger partial charge in [-0.1, -0.05) is 65.7 Å². The van der Waals surface area contributed by atoms with Crippen LogP contribution in [0.15, 0.2) is 77.7 Å². The molecule has 4 rings (SSSR count). The number of benzene rings is 3. The first-order valence-corrected chi connectivity index (χ1v) is 12.4. The molecule has 1 aliphatic heterocycles. The molecule has 166 valence electrons. The molecule has 0 bridgehead atoms. The van der Waals surface area contributed by atoms with Crippen molar-refractivity contribution in [2.24, 2.45) is 0 Å². The van der Waals surface area contributed by atoms with Crippen molar-refractivity contribution in [3.8, 4) is 0 Å². The van der Waals surface area contributed by atoms with Crippen LogP contribution in [0.4, 0.5) is 5.69 Å². The van der Waals surface area contributed by atoms with Crippen molar-refractivity contribution in [3.63, 3.8) is 0 Å². The van der Waals surface area contributed by atoms with Crippen molar-refractivity contribution < 1.29 is 13.2 Å². The van der Waals surface area contributed by atoms with Gasteiger partial charge < -0.3 is 4.90 Å². The Kier molecular flexibility index (Phi) is 6.58. The highest BCUT2D eigenvalue weighted by Crippen LogP contribution is 2.32. The summed E-state index contributed by atoms with van der Waals surface area (Å²) < 4.78 is 28.1. The average Bonchev–Trinajstić information content (AvgIpc) is 3.11. The number of amides is 1. The van der Waals surface area contributed by atoms with E-state index in [1.165, 1.54) is 16.4 Å². The maximum Gasteiger partial charge on any atom is 0.243 e. The van der Waals surface area contributed by atoms with Gasteiger partial charge in [0, 0.05) is 28.3 Å². The lowest BCUT2D eigenvalue weighted by Crippen LogP contribution is -2.44. The lowest BCUT2D eigenvalue weighted by atomic mass is 10.1. The molecule has 0 saturated carbocycles. The van der Waals surface area contributed by atoms with E-state index in [2.05, 4.69) is 0 Å². The van der Waals surface area contributed by atoms with E-state index in [1.54, 1.807) is 41.3 Å². The van der Waals surface area contributed by atoms with Crippen LogP contribution in [0.1, 0.15) is 18.1 Å². The van der Waals surface area contributed by atoms with Crippen molar-refractivity contribution >= 4 is 44.8 Å². The number of rotatable bonds is 6. The number of halogens is 2. The summed E-state index contributed by atoms with van der Waals surface area (Å²) in [4.78, 5) is 15.2. The summed E-state index contributed by atoms with van der Waals surface area (Å²) in [6.45, 7) is 1.60. The van der Waals surface area contributed by atoms with Gasteiger partial charge in [-0.3, -0.25) is 4.79 Å². The zero-order chi connectivity index (χ0) is 22.9. The molecule has 0 N–H and O–H groups in total. The molecule has 32 heavy (non-hydrogen) atoms. The molecular weight excluding hydrogens is 467 g/mol. The Labute approximate surface area is 198 Å². The molecule has 0 spiro atoms. The molecule has 0 aromatic heterocycles. The first kappa shape index (κ1) is 22.8. The third kappa shape index (κ3) is 4.55. The second-order valence-corrected chi connectivity index (χ2v) is 10.5. The highest BCUT2D eigenvalue weighted by atomic mass is 35.5. The second-order valence-electron chi connectivity index (χ2n) is 7.77. The van der Waals surface area contributed by atoms with Gasteiger partial charge in [0.05, 0.1) is 11.4 Å². The summed E-state index contributed by atoms with van der Waals surface area (Å²) in [6.07, 6.45) is 0.733. The molecule has 1 heterocycles. The lowest BCUT2D eigenvalue weighted by molar-refractivity contribution is -0.119. The monoisotopic (exact) mass is 488 g/mol. The molecular formula is C24H22Cl2N2O3S. The van der Waals surface area contributed by atoms with E-state index in [9.17, 15) is 13.2 Å². The van der Waals surface area contributed by atoms with Gasteiger partial charge in [0.2, 0.25) is 15.9 Å². The SMILES string of the molecule is C[C@H]1Cc2ccccc2N1C(=O)CN(Cc1ccc(Cl)cc1Cl)S(=O)(=O)c1ccccc1. The van der Waals surface area contributed by atoms with Crippen LogP contribution in [0.2, 0.25) is 10.0 Å². The summed E-state index contributed by atoms with van der Waals surface area (Å²) in [5.74, 6) is -0.285. The average molecular weight is 489 g/mol. The van der Waals surface area contributed by atoms with Crippen LogP contribution in [0.5, 0.6) is 0 Å². The minimum atomic E-state index is -3.95. The van der Waals surface area contributed by atoms with Crippen LogP contribution in [0.25, 0.3) is 0 Å². The third-order valence-corrected chi connectivity index (χ3v) is 7.92. The summed E-state index contributed by atoms with van der Waals surface area (Å²) in [5, 5.41) is 0.799. The van der Waals surface area contributed by atoms with E-state index in [-0.39, 0.29) is 29.9 Å². The van der Waals surface area contributed by atoms with Gasteiger partial charge >= 0.3 is 0 Å². The van der Waals surface area contributed by atoms with Crippen molar-refractivity contribution in [1.29, 1.82) is 0 Å². The Bertz CT molecular complexity index is 1250. The van der Waals surface area contributed by atoms with E-state index in [0.29, 0.717) is 15.6 Å². The molecule has 1 aliphatic rings. The van der Waals surface area contributed by atoms with Crippen LogP contribution >= 0.6 is 23.2 Å². The lowest BCUT2D eigenvalue weighted by Gasteiger charge is -2.28. The highest BCUT2D eigenvalue weighted by molar-refractivity contribution is 7.89. The Hall–Kier alpha value is -2.38. The number of hydrogen-bond donors (Lipinski definition) is 0. The van der Waals surface area contributed by atoms with E-state index in [0.717, 1.165) is 17.7 Å². The maximum absolute atomic E-state index is 13.5. The van der Waals surface area contributed by atoms with Crippen molar-refractivity contribution in [2.75, 3.05) is 11.4 Å². The van der Waals surface area contributed by atoms with Crippen molar-refractivity contribution in [2.45, 2.75) is 30.8 Å². The van der Waals surface area contributed by atoms with E-state index in [4.69, 9.17) is 23.2 Å². The third-order valence-electron chi connectivity index (χ3n) is 5.53. The summed E-state index contributed by atoms with van der Waals surface area (Å²) >= 11 is 12.3. The first-order valence-electron chi connectivity index (χ1n) is 10.2. The molecule has 0 radical (unpaired) electrons. The predicted octanol–water partition coefficient (Wildman–Crippen LogP) is 5.16. The van der Waals surface area contributed by atoms with Crippen LogP contribution in [-0.4, -0.2) is 31.2 Å². The first-order chi connectivity index (χ1) is 15.3. The van der Waals surface area contributed by atoms with E-state index >= 15 is 0 Å². The van der Waals surface area contributed by atoms with Crippen LogP contribution < -0.4 is 4.90 Å². The minimum Gasteiger partial charge on any atom is -0.308 e. The van der Waals surface area contributed by atoms with Crippen molar-refractivity contribution in [3.05, 3.63) is 94.0 Å². The number of carbonyl (C=O) groups excluding carboxylic acids is 1. The smallest absolute Gasteiger partial charge is 0.243 e. The van der Waals surface area contributed by atoms with Gasteiger partial charge in [0.15, 0.2) is 0 Å². The largest absolute Gasteiger partial charge is 0.308 e. The zero-order valence-electron chi connectivity index (χ0n) is 17.4. The maximum atomic E-state index is 13.5. The molecule has 8 heteroatoms. The van der Waals surface area contributed by atoms with E-state index in [1.807, 2.05) is 31.2 Å². The topological polar surface area (TPSA) is 57.7 Å². The summed E-state index contributed by atoms with van der Waals surface area (Å²) in [6, 6.07) is 20.6. The van der Waals surface area contributed by atoms with Crippen LogP contribution in [0.3, 0.4) is 0 Å². The van der Waals surface area contributed by atoms with Crippen LogP contribution in [-0.2, 0) is 27.8 Å². The molecule has 0 fully saturated rings. The molecule has 0 unspecified atom stereocenters. The van der Waals surface area contributed by atoms with Crippen molar-refractivity contribution in [1.82, 2.24) is 4.31 Å². The fourth-order valence-electron chi connectivity index (χ4n) is 3.98.